The van der Waals surface area contributed by atoms with Crippen LogP contribution in [0.15, 0.2) is 30.3 Å². The molecule has 0 aliphatic heterocycles. The van der Waals surface area contributed by atoms with Crippen LogP contribution >= 0.6 is 11.8 Å². The summed E-state index contributed by atoms with van der Waals surface area (Å²) in [4.78, 5) is 12.1. The maximum absolute atomic E-state index is 11.4. The van der Waals surface area contributed by atoms with Crippen molar-refractivity contribution >= 4 is 23.5 Å². The van der Waals surface area contributed by atoms with Crippen molar-refractivity contribution in [3.63, 3.8) is 0 Å². The van der Waals surface area contributed by atoms with Crippen LogP contribution in [0.25, 0.3) is 0 Å². The van der Waals surface area contributed by atoms with Crippen molar-refractivity contribution in [1.29, 1.82) is 0 Å². The minimum atomic E-state index is -0.173. The van der Waals surface area contributed by atoms with Crippen LogP contribution in [-0.2, 0) is 0 Å². The van der Waals surface area contributed by atoms with Crippen LogP contribution in [0.4, 0.5) is 10.5 Å². The summed E-state index contributed by atoms with van der Waals surface area (Å²) in [6, 6.07) is 9.28. The van der Waals surface area contributed by atoms with Crippen molar-refractivity contribution in [2.45, 2.75) is 0 Å². The molecule has 1 aromatic carbocycles. The number of urea groups is 1. The van der Waals surface area contributed by atoms with E-state index < -0.39 is 0 Å². The highest BCUT2D eigenvalue weighted by Crippen LogP contribution is 1.98. The Bertz CT molecular complexity index is 290. The van der Waals surface area contributed by atoms with E-state index in [9.17, 15) is 4.79 Å². The molecule has 0 aromatic heterocycles. The van der Waals surface area contributed by atoms with Gasteiger partial charge in [-0.3, -0.25) is 0 Å². The summed E-state index contributed by atoms with van der Waals surface area (Å²) >= 11 is 5.54. The molecule has 0 spiro atoms. The molecule has 0 bridgehead atoms. The van der Waals surface area contributed by atoms with Crippen molar-refractivity contribution in [1.82, 2.24) is 4.42 Å². The fourth-order valence-electron chi connectivity index (χ4n) is 1.04. The zero-order valence-electron chi connectivity index (χ0n) is 8.00. The molecule has 0 aliphatic rings. The fourth-order valence-corrected chi connectivity index (χ4v) is 1.17. The first-order chi connectivity index (χ1) is 6.13. The van der Waals surface area contributed by atoms with E-state index >= 15 is 0 Å². The molecule has 1 unspecified atom stereocenters. The van der Waals surface area contributed by atoms with Crippen LogP contribution in [0.2, 0.25) is 0 Å². The van der Waals surface area contributed by atoms with Crippen molar-refractivity contribution in [3.8, 4) is 0 Å². The van der Waals surface area contributed by atoms with Crippen molar-refractivity contribution in [2.24, 2.45) is 0 Å². The van der Waals surface area contributed by atoms with Gasteiger partial charge in [0.1, 0.15) is 5.69 Å². The molecule has 0 saturated heterocycles. The molecule has 1 rings (SSSR count). The van der Waals surface area contributed by atoms with Gasteiger partial charge in [-0.25, -0.2) is 14.1 Å². The Morgan fingerprint density at radius 1 is 1.36 bits per heavy atom. The average Bonchev–Trinajstić information content (AvgIpc) is 2.17. The molecule has 0 heterocycles. The van der Waals surface area contributed by atoms with Gasteiger partial charge < -0.3 is 12.4 Å². The molecule has 5 heteroatoms. The third-order valence-corrected chi connectivity index (χ3v) is 1.96. The lowest BCUT2D eigenvalue weighted by Crippen LogP contribution is -3.08. The lowest BCUT2D eigenvalue weighted by atomic mass is 10.3. The normalized spacial score (nSPS) is 11.4. The number of nitrogens with one attached hydrogen (secondary N) is 1. The topological polar surface area (TPSA) is 24.8 Å². The molecule has 0 saturated carbocycles. The van der Waals surface area contributed by atoms with Crippen LogP contribution in [0.3, 0.4) is 0 Å². The van der Waals surface area contributed by atoms with E-state index in [4.69, 9.17) is 11.8 Å². The van der Waals surface area contributed by atoms with Gasteiger partial charge in [0.05, 0.1) is 7.05 Å². The molecule has 3 nitrogen and oxygen atoms in total. The van der Waals surface area contributed by atoms with Crippen LogP contribution < -0.4 is 17.3 Å². The van der Waals surface area contributed by atoms with Gasteiger partial charge in [-0.1, -0.05) is 18.2 Å². The predicted molar refractivity (Wildman–Crippen MR) is 52.0 cm³/mol. The number of para-hydroxylation sites is 1. The highest BCUT2D eigenvalue weighted by molar-refractivity contribution is 6.19. The zero-order chi connectivity index (χ0) is 9.84. The number of quaternary nitrogens is 1. The highest BCUT2D eigenvalue weighted by Gasteiger charge is 2.19. The number of nitrogens with zero attached hydrogens (tertiary/aromatic N) is 1. The number of carbonyl (C=O) groups excluding carboxylic acids is 1. The lowest BCUT2D eigenvalue weighted by Gasteiger charge is -2.13. The van der Waals surface area contributed by atoms with Crippen LogP contribution in [0.5, 0.6) is 0 Å². The summed E-state index contributed by atoms with van der Waals surface area (Å²) in [5, 5.41) is 0. The molecular formula is C9H12Cl2N2O. The number of carbonyl (C=O) groups is 1. The summed E-state index contributed by atoms with van der Waals surface area (Å²) in [6.45, 7) is 0. The Balaban J connectivity index is 0.00000169. The molecule has 0 aliphatic carbocycles. The summed E-state index contributed by atoms with van der Waals surface area (Å²) in [7, 11) is 3.28. The fraction of sp³-hybridized carbons (Fsp3) is 0.222. The standard InChI is InChI=1S/C9H11ClN2O.ClH/c1-11(9(13)12(2)10)8-6-4-3-5-7-8;/h3-7H,1-2H3;1H. The van der Waals surface area contributed by atoms with Gasteiger partial charge in [0.25, 0.3) is 0 Å². The molecule has 0 fully saturated rings. The first-order valence-electron chi connectivity index (χ1n) is 3.95. The first kappa shape index (κ1) is 13.2. The monoisotopic (exact) mass is 234 g/mol. The summed E-state index contributed by atoms with van der Waals surface area (Å²) in [6.07, 6.45) is 0. The second-order valence-electron chi connectivity index (χ2n) is 2.77. The van der Waals surface area contributed by atoms with Crippen molar-refractivity contribution < 1.29 is 22.1 Å². The summed E-state index contributed by atoms with van der Waals surface area (Å²) in [5.74, 6) is 0. The number of hydrogen-bond acceptors (Lipinski definition) is 1. The minimum Gasteiger partial charge on any atom is -1.00 e. The van der Waals surface area contributed by atoms with Crippen molar-refractivity contribution in [2.75, 3.05) is 14.1 Å². The SMILES string of the molecule is CN(Cl)C(=O)[NH+](C)c1ccccc1.[Cl-]. The van der Waals surface area contributed by atoms with Crippen LogP contribution in [0.1, 0.15) is 0 Å². The van der Waals surface area contributed by atoms with E-state index in [1.54, 1.807) is 7.05 Å². The molecule has 1 N–H and O–H groups in total. The molecular weight excluding hydrogens is 223 g/mol. The van der Waals surface area contributed by atoms with Gasteiger partial charge in [-0.15, -0.1) is 0 Å². The Hall–Kier alpha value is -0.770. The number of hydrogen-bond donors (Lipinski definition) is 1. The Morgan fingerprint density at radius 3 is 2.29 bits per heavy atom. The molecule has 14 heavy (non-hydrogen) atoms. The zero-order valence-corrected chi connectivity index (χ0v) is 9.51. The van der Waals surface area contributed by atoms with Gasteiger partial charge in [0, 0.05) is 18.8 Å². The van der Waals surface area contributed by atoms with Gasteiger partial charge >= 0.3 is 6.03 Å². The number of halogens is 2. The second-order valence-corrected chi connectivity index (χ2v) is 3.28. The van der Waals surface area contributed by atoms with Crippen LogP contribution in [0, 0.1) is 0 Å². The quantitative estimate of drug-likeness (QED) is 0.562. The minimum absolute atomic E-state index is 0. The maximum Gasteiger partial charge on any atom is 0.436 e. The van der Waals surface area contributed by atoms with Gasteiger partial charge in [0.15, 0.2) is 0 Å². The van der Waals surface area contributed by atoms with E-state index in [-0.39, 0.29) is 18.4 Å². The van der Waals surface area contributed by atoms with Crippen molar-refractivity contribution in [3.05, 3.63) is 30.3 Å². The van der Waals surface area contributed by atoms with Gasteiger partial charge in [-0.2, -0.15) is 0 Å². The molecule has 1 atom stereocenters. The van der Waals surface area contributed by atoms with E-state index in [1.165, 1.54) is 7.05 Å². The maximum atomic E-state index is 11.4. The number of rotatable bonds is 1. The molecule has 78 valence electrons. The highest BCUT2D eigenvalue weighted by atomic mass is 35.5. The van der Waals surface area contributed by atoms with Gasteiger partial charge in [0.2, 0.25) is 0 Å². The van der Waals surface area contributed by atoms with E-state index in [0.717, 1.165) is 10.1 Å². The number of amides is 2. The largest absolute Gasteiger partial charge is 1.00 e. The smallest absolute Gasteiger partial charge is 0.436 e. The Morgan fingerprint density at radius 2 is 1.86 bits per heavy atom. The predicted octanol–water partition coefficient (Wildman–Crippen LogP) is -1.96. The van der Waals surface area contributed by atoms with E-state index in [2.05, 4.69) is 0 Å². The Kier molecular flexibility index (Phi) is 5.53. The summed E-state index contributed by atoms with van der Waals surface area (Å²) in [5.41, 5.74) is 0.903. The lowest BCUT2D eigenvalue weighted by molar-refractivity contribution is -0.720. The van der Waals surface area contributed by atoms with E-state index in [0.29, 0.717) is 4.90 Å². The second kappa shape index (κ2) is 5.86. The molecule has 1 aromatic rings. The van der Waals surface area contributed by atoms with E-state index in [1.807, 2.05) is 30.3 Å². The third-order valence-electron chi connectivity index (χ3n) is 1.81. The van der Waals surface area contributed by atoms with Gasteiger partial charge in [-0.05, 0) is 12.1 Å². The molecule has 0 radical (unpaired) electrons. The average molecular weight is 235 g/mol. The Labute approximate surface area is 94.8 Å². The molecule has 2 amide bonds. The van der Waals surface area contributed by atoms with Crippen LogP contribution in [-0.4, -0.2) is 24.5 Å². The third kappa shape index (κ3) is 3.18. The number of benzene rings is 1. The first-order valence-corrected chi connectivity index (χ1v) is 4.29. The summed E-state index contributed by atoms with van der Waals surface area (Å²) < 4.78 is 1.06.